The maximum atomic E-state index is 14.4. The largest absolute Gasteiger partial charge is 0.368 e. The van der Waals surface area contributed by atoms with Crippen LogP contribution in [0.3, 0.4) is 0 Å². The Hall–Kier alpha value is -3.96. The van der Waals surface area contributed by atoms with Crippen LogP contribution < -0.4 is 14.5 Å². The maximum Gasteiger partial charge on any atom is 0.303 e. The van der Waals surface area contributed by atoms with E-state index >= 15 is 0 Å². The molecule has 3 aromatic rings. The van der Waals surface area contributed by atoms with E-state index in [1.54, 1.807) is 18.5 Å². The Balaban J connectivity index is 1.23. The van der Waals surface area contributed by atoms with Crippen molar-refractivity contribution in [3.63, 3.8) is 0 Å². The number of hydrogen-bond donors (Lipinski definition) is 1. The van der Waals surface area contributed by atoms with Crippen LogP contribution >= 0.6 is 0 Å². The Morgan fingerprint density at radius 3 is 2.34 bits per heavy atom. The van der Waals surface area contributed by atoms with E-state index in [1.165, 1.54) is 50.0 Å². The Morgan fingerprint density at radius 2 is 1.62 bits per heavy atom. The smallest absolute Gasteiger partial charge is 0.303 e. The van der Waals surface area contributed by atoms with Gasteiger partial charge in [-0.25, -0.2) is 4.72 Å². The number of aromatic nitrogens is 1. The highest BCUT2D eigenvalue weighted by molar-refractivity contribution is 7.87. The van der Waals surface area contributed by atoms with Crippen molar-refractivity contribution in [2.45, 2.75) is 50.5 Å². The Kier molecular flexibility index (Phi) is 8.69. The second kappa shape index (κ2) is 12.9. The van der Waals surface area contributed by atoms with Gasteiger partial charge in [0.25, 0.3) is 5.91 Å². The number of carbonyl (C=O) groups excluding carboxylic acids is 2. The molecule has 4 aliphatic rings. The molecule has 1 N–H and O–H groups in total. The van der Waals surface area contributed by atoms with Gasteiger partial charge in [-0.2, -0.15) is 12.7 Å². The second-order valence-electron chi connectivity index (χ2n) is 13.6. The van der Waals surface area contributed by atoms with Gasteiger partial charge in [0.05, 0.1) is 12.0 Å². The number of pyridine rings is 1. The minimum Gasteiger partial charge on any atom is -0.368 e. The van der Waals surface area contributed by atoms with Gasteiger partial charge in [-0.05, 0) is 66.1 Å². The van der Waals surface area contributed by atoms with Gasteiger partial charge in [0.15, 0.2) is 0 Å². The lowest BCUT2D eigenvalue weighted by Gasteiger charge is -2.38. The fraction of sp³-hybridized carbons (Fsp3) is 0.472. The topological polar surface area (TPSA) is 106 Å². The average molecular weight is 657 g/mol. The van der Waals surface area contributed by atoms with E-state index in [4.69, 9.17) is 0 Å². The molecule has 2 amide bonds. The Morgan fingerprint density at radius 1 is 0.894 bits per heavy atom. The van der Waals surface area contributed by atoms with Crippen LogP contribution in [0.25, 0.3) is 0 Å². The maximum absolute atomic E-state index is 14.4. The summed E-state index contributed by atoms with van der Waals surface area (Å²) in [6.45, 7) is 3.40. The summed E-state index contributed by atoms with van der Waals surface area (Å²) in [5.41, 5.74) is 6.04. The van der Waals surface area contributed by atoms with Crippen LogP contribution in [-0.2, 0) is 21.4 Å². The van der Waals surface area contributed by atoms with Crippen LogP contribution in [-0.4, -0.2) is 81.2 Å². The number of carbonyl (C=O) groups is 2. The summed E-state index contributed by atoms with van der Waals surface area (Å²) in [5.74, 6) is -0.0181. The first-order valence-electron chi connectivity index (χ1n) is 16.9. The number of fused-ring (bicyclic) bond motifs is 5. The van der Waals surface area contributed by atoms with E-state index in [0.29, 0.717) is 37.5 Å². The summed E-state index contributed by atoms with van der Waals surface area (Å²) < 4.78 is 28.2. The molecule has 2 fully saturated rings. The van der Waals surface area contributed by atoms with Gasteiger partial charge < -0.3 is 14.7 Å². The van der Waals surface area contributed by atoms with Crippen LogP contribution in [0.15, 0.2) is 67.0 Å². The van der Waals surface area contributed by atoms with Crippen molar-refractivity contribution in [2.75, 3.05) is 56.6 Å². The SMILES string of the molecule is CN(C)S(=O)(=O)NC(=O)c1ccc2c(c1)N1CC(C(=O)N3CCN(c4ccncc4)CC3)Cc3ccccc3C1C2C1CCCCC1. The monoisotopic (exact) mass is 656 g/mol. The molecule has 1 aliphatic carbocycles. The van der Waals surface area contributed by atoms with Crippen molar-refractivity contribution >= 4 is 33.4 Å². The number of rotatable bonds is 6. The van der Waals surface area contributed by atoms with Gasteiger partial charge in [-0.15, -0.1) is 0 Å². The molecule has 3 unspecified atom stereocenters. The predicted molar refractivity (Wildman–Crippen MR) is 183 cm³/mol. The summed E-state index contributed by atoms with van der Waals surface area (Å²) in [6.07, 6.45) is 10.3. The molecule has 1 saturated heterocycles. The predicted octanol–water partition coefficient (Wildman–Crippen LogP) is 4.36. The standard InChI is InChI=1S/C36H44N6O4S/c1-39(2)47(45,46)38-35(43)27-12-13-31-32(23-27)42-24-28(36(44)41-20-18-40(19-21-41)29-14-16-37-17-15-29)22-26-10-6-7-11-30(26)34(42)33(31)25-8-4-3-5-9-25/h6-7,10-17,23,25,28,33-34H,3-5,8-9,18-22,24H2,1-2H3,(H,38,43). The molecular weight excluding hydrogens is 613 g/mol. The van der Waals surface area contributed by atoms with Gasteiger partial charge in [0.2, 0.25) is 5.91 Å². The van der Waals surface area contributed by atoms with E-state index in [-0.39, 0.29) is 23.8 Å². The van der Waals surface area contributed by atoms with Gasteiger partial charge in [-0.1, -0.05) is 49.6 Å². The first-order chi connectivity index (χ1) is 22.7. The average Bonchev–Trinajstić information content (AvgIpc) is 3.30. The number of anilines is 2. The molecule has 2 aromatic carbocycles. The zero-order valence-electron chi connectivity index (χ0n) is 27.2. The zero-order chi connectivity index (χ0) is 32.7. The number of piperazine rings is 1. The summed E-state index contributed by atoms with van der Waals surface area (Å²) in [4.78, 5) is 38.5. The summed E-state index contributed by atoms with van der Waals surface area (Å²) in [5, 5.41) is 0. The van der Waals surface area contributed by atoms with Gasteiger partial charge in [-0.3, -0.25) is 14.6 Å². The van der Waals surface area contributed by atoms with Crippen LogP contribution in [0.4, 0.5) is 11.4 Å². The van der Waals surface area contributed by atoms with E-state index in [0.717, 1.165) is 41.6 Å². The lowest BCUT2D eigenvalue weighted by atomic mass is 9.73. The third-order valence-corrected chi connectivity index (χ3v) is 12.1. The summed E-state index contributed by atoms with van der Waals surface area (Å²) in [7, 11) is -1.16. The van der Waals surface area contributed by atoms with Crippen LogP contribution in [0, 0.1) is 11.8 Å². The molecule has 0 bridgehead atoms. The molecule has 0 radical (unpaired) electrons. The number of amides is 2. The molecule has 7 rings (SSSR count). The molecule has 248 valence electrons. The third kappa shape index (κ3) is 6.11. The molecular formula is C36H44N6O4S. The lowest BCUT2D eigenvalue weighted by Crippen LogP contribution is -2.51. The van der Waals surface area contributed by atoms with Crippen molar-refractivity contribution in [1.29, 1.82) is 0 Å². The van der Waals surface area contributed by atoms with Crippen molar-refractivity contribution in [3.05, 3.63) is 89.2 Å². The van der Waals surface area contributed by atoms with Crippen LogP contribution in [0.2, 0.25) is 0 Å². The van der Waals surface area contributed by atoms with Crippen molar-refractivity contribution in [2.24, 2.45) is 11.8 Å². The molecule has 0 spiro atoms. The van der Waals surface area contributed by atoms with Gasteiger partial charge in [0.1, 0.15) is 0 Å². The van der Waals surface area contributed by atoms with E-state index in [9.17, 15) is 18.0 Å². The number of nitrogens with one attached hydrogen (secondary N) is 1. The highest BCUT2D eigenvalue weighted by atomic mass is 32.2. The quantitative estimate of drug-likeness (QED) is 0.420. The third-order valence-electron chi connectivity index (χ3n) is 10.7. The summed E-state index contributed by atoms with van der Waals surface area (Å²) in [6, 6.07) is 18.3. The molecule has 1 saturated carbocycles. The molecule has 3 aliphatic heterocycles. The first-order valence-corrected chi connectivity index (χ1v) is 18.3. The molecule has 1 aromatic heterocycles. The molecule has 10 nitrogen and oxygen atoms in total. The molecule has 11 heteroatoms. The fourth-order valence-corrected chi connectivity index (χ4v) is 8.85. The summed E-state index contributed by atoms with van der Waals surface area (Å²) >= 11 is 0. The highest BCUT2D eigenvalue weighted by Gasteiger charge is 2.47. The minimum absolute atomic E-state index is 0.0504. The zero-order valence-corrected chi connectivity index (χ0v) is 28.0. The number of benzene rings is 2. The Labute approximate surface area is 277 Å². The molecule has 4 heterocycles. The fourth-order valence-electron chi connectivity index (χ4n) is 8.31. The first kappa shape index (κ1) is 31.6. The number of nitrogens with zero attached hydrogens (tertiary/aromatic N) is 5. The van der Waals surface area contributed by atoms with Gasteiger partial charge >= 0.3 is 10.2 Å². The van der Waals surface area contributed by atoms with Crippen LogP contribution in [0.1, 0.15) is 71.1 Å². The number of hydrogen-bond acceptors (Lipinski definition) is 7. The van der Waals surface area contributed by atoms with Crippen molar-refractivity contribution < 1.29 is 18.0 Å². The molecule has 3 atom stereocenters. The van der Waals surface area contributed by atoms with E-state index in [1.807, 2.05) is 29.2 Å². The normalized spacial score (nSPS) is 23.1. The highest BCUT2D eigenvalue weighted by Crippen LogP contribution is 2.57. The Bertz CT molecular complexity index is 1740. The van der Waals surface area contributed by atoms with Crippen molar-refractivity contribution in [1.82, 2.24) is 18.9 Å². The lowest BCUT2D eigenvalue weighted by molar-refractivity contribution is -0.135. The van der Waals surface area contributed by atoms with Crippen molar-refractivity contribution in [3.8, 4) is 0 Å². The van der Waals surface area contributed by atoms with E-state index in [2.05, 4.69) is 43.8 Å². The molecule has 47 heavy (non-hydrogen) atoms. The van der Waals surface area contributed by atoms with Gasteiger partial charge in [0, 0.05) is 82.1 Å². The minimum atomic E-state index is -3.95. The van der Waals surface area contributed by atoms with E-state index < -0.39 is 16.1 Å². The van der Waals surface area contributed by atoms with Crippen LogP contribution in [0.5, 0.6) is 0 Å². The second-order valence-corrected chi connectivity index (χ2v) is 15.5.